The fourth-order valence-electron chi connectivity index (χ4n) is 9.34. The molecule has 216 valence electrons. The number of thiocarbonyl (C=S) groups is 2. The van der Waals surface area contributed by atoms with Crippen molar-refractivity contribution in [3.63, 3.8) is 0 Å². The summed E-state index contributed by atoms with van der Waals surface area (Å²) in [6.45, 7) is 12.6. The van der Waals surface area contributed by atoms with Crippen LogP contribution in [-0.2, 0) is 4.79 Å². The van der Waals surface area contributed by atoms with Crippen LogP contribution in [0.3, 0.4) is 0 Å². The summed E-state index contributed by atoms with van der Waals surface area (Å²) in [5, 5.41) is 20.6. The van der Waals surface area contributed by atoms with Gasteiger partial charge < -0.3 is 15.0 Å². The molecular formula is C34H49O3S2-. The highest BCUT2D eigenvalue weighted by molar-refractivity contribution is 7.90. The van der Waals surface area contributed by atoms with Gasteiger partial charge in [-0.3, -0.25) is 0 Å². The van der Waals surface area contributed by atoms with E-state index in [9.17, 15) is 15.0 Å². The first-order valence-electron chi connectivity index (χ1n) is 15.4. The molecule has 5 aliphatic carbocycles. The zero-order valence-electron chi connectivity index (χ0n) is 24.7. The van der Waals surface area contributed by atoms with Crippen LogP contribution in [0.4, 0.5) is 0 Å². The molecule has 0 aromatic rings. The lowest BCUT2D eigenvalue weighted by Gasteiger charge is -2.58. The highest BCUT2D eigenvalue weighted by Gasteiger charge is 2.59. The lowest BCUT2D eigenvalue weighted by molar-refractivity contribution is -0.298. The molecule has 3 fully saturated rings. The van der Waals surface area contributed by atoms with E-state index >= 15 is 0 Å². The molecule has 39 heavy (non-hydrogen) atoms. The van der Waals surface area contributed by atoms with Crippen LogP contribution in [0.1, 0.15) is 105 Å². The number of aliphatic hydroxyl groups excluding tert-OH is 1. The van der Waals surface area contributed by atoms with Gasteiger partial charge in [0.2, 0.25) is 0 Å². The van der Waals surface area contributed by atoms with Gasteiger partial charge in [-0.15, -0.1) is 0 Å². The van der Waals surface area contributed by atoms with Crippen molar-refractivity contribution in [1.29, 1.82) is 0 Å². The van der Waals surface area contributed by atoms with E-state index in [0.29, 0.717) is 15.7 Å². The van der Waals surface area contributed by atoms with E-state index in [-0.39, 0.29) is 16.5 Å². The van der Waals surface area contributed by atoms with Gasteiger partial charge in [-0.05, 0) is 104 Å². The molecule has 0 radical (unpaired) electrons. The third-order valence-corrected chi connectivity index (χ3v) is 12.4. The average molecular weight is 570 g/mol. The number of hydrogen-bond donors (Lipinski definition) is 1. The van der Waals surface area contributed by atoms with Crippen LogP contribution >= 0.6 is 24.4 Å². The summed E-state index contributed by atoms with van der Waals surface area (Å²) in [6.07, 6.45) is 21.7. The zero-order chi connectivity index (χ0) is 28.5. The molecule has 3 saturated carbocycles. The summed E-state index contributed by atoms with van der Waals surface area (Å²) in [7, 11) is 0. The molecule has 5 heteroatoms. The van der Waals surface area contributed by atoms with Crippen molar-refractivity contribution in [1.82, 2.24) is 0 Å². The molecule has 0 aromatic heterocycles. The summed E-state index contributed by atoms with van der Waals surface area (Å²) in [4.78, 5) is 10.9. The second kappa shape index (κ2) is 12.4. The van der Waals surface area contributed by atoms with Crippen molar-refractivity contribution in [2.75, 3.05) is 0 Å². The maximum atomic E-state index is 10.3. The maximum absolute atomic E-state index is 10.3. The SMILES string of the molecule is CC(C)CCC[C@@H](C)[C@H]1CC[C@H]2[C@@H]3CC=C4C[C@@H](O)CC[C@]4(C)[C@H]3CC[C@]12C.O=C([O-])C1=CC=CC(=S)C1=S. The molecule has 0 spiro atoms. The van der Waals surface area contributed by atoms with Gasteiger partial charge in [0.15, 0.2) is 0 Å². The Hall–Kier alpha value is -1.17. The number of fused-ring (bicyclic) bond motifs is 5. The van der Waals surface area contributed by atoms with E-state index in [1.807, 2.05) is 0 Å². The molecule has 5 aliphatic rings. The van der Waals surface area contributed by atoms with Gasteiger partial charge >= 0.3 is 0 Å². The van der Waals surface area contributed by atoms with Crippen molar-refractivity contribution in [2.45, 2.75) is 111 Å². The lowest BCUT2D eigenvalue weighted by atomic mass is 9.47. The Bertz CT molecular complexity index is 1050. The summed E-state index contributed by atoms with van der Waals surface area (Å²) in [6, 6.07) is 0. The van der Waals surface area contributed by atoms with Crippen LogP contribution in [0.2, 0.25) is 0 Å². The molecule has 3 nitrogen and oxygen atoms in total. The first-order chi connectivity index (χ1) is 18.4. The monoisotopic (exact) mass is 569 g/mol. The topological polar surface area (TPSA) is 60.4 Å². The molecule has 5 rings (SSSR count). The Balaban J connectivity index is 0.000000270. The Labute approximate surface area is 247 Å². The van der Waals surface area contributed by atoms with E-state index in [2.05, 4.69) is 40.7 Å². The molecule has 0 aromatic carbocycles. The van der Waals surface area contributed by atoms with E-state index in [4.69, 9.17) is 24.4 Å². The number of rotatable bonds is 6. The van der Waals surface area contributed by atoms with Gasteiger partial charge in [0.05, 0.1) is 21.8 Å². The third kappa shape index (κ3) is 6.21. The standard InChI is InChI=1S/C27H46O.C7H4O2S2/c1-18(2)7-6-8-19(3)23-11-12-24-22-10-9-20-17-21(28)13-15-26(20,4)25(22)14-16-27(23,24)5;8-7(9)4-2-1-3-5(10)6(4)11/h9,18-19,21-25,28H,6-8,10-17H2,1-5H3;1-3H,(H,8,9)/p-1/t19-,21+,22+,23-,24+,25+,26+,27-;/m1./s1. The smallest absolute Gasteiger partial charge is 0.0730 e. The van der Waals surface area contributed by atoms with Gasteiger partial charge in [0, 0.05) is 5.57 Å². The lowest BCUT2D eigenvalue weighted by Crippen LogP contribution is -2.50. The molecule has 0 amide bonds. The molecule has 0 heterocycles. The molecule has 0 bridgehead atoms. The van der Waals surface area contributed by atoms with E-state index in [0.717, 1.165) is 48.3 Å². The van der Waals surface area contributed by atoms with E-state index in [1.165, 1.54) is 63.9 Å². The minimum absolute atomic E-state index is 0.00694. The first-order valence-corrected chi connectivity index (χ1v) is 16.3. The van der Waals surface area contributed by atoms with E-state index < -0.39 is 5.97 Å². The van der Waals surface area contributed by atoms with Crippen LogP contribution < -0.4 is 5.11 Å². The molecule has 0 saturated heterocycles. The summed E-state index contributed by atoms with van der Waals surface area (Å²) < 4.78 is 0. The number of aliphatic carboxylic acids is 1. The maximum Gasteiger partial charge on any atom is 0.0730 e. The normalized spacial score (nSPS) is 38.1. The third-order valence-electron chi connectivity index (χ3n) is 11.5. The predicted octanol–water partition coefficient (Wildman–Crippen LogP) is 7.36. The summed E-state index contributed by atoms with van der Waals surface area (Å²) >= 11 is 9.51. The molecular weight excluding hydrogens is 521 g/mol. The van der Waals surface area contributed by atoms with Crippen LogP contribution in [0.5, 0.6) is 0 Å². The second-order valence-electron chi connectivity index (χ2n) is 14.1. The summed E-state index contributed by atoms with van der Waals surface area (Å²) in [5.74, 6) is 4.18. The Morgan fingerprint density at radius 1 is 1.08 bits per heavy atom. The largest absolute Gasteiger partial charge is 0.545 e. The van der Waals surface area contributed by atoms with Gasteiger partial charge in [-0.1, -0.05) is 102 Å². The second-order valence-corrected chi connectivity index (χ2v) is 15.0. The number of carbonyl (C=O) groups excluding carboxylic acids is 1. The Morgan fingerprint density at radius 3 is 2.49 bits per heavy atom. The van der Waals surface area contributed by atoms with E-state index in [1.54, 1.807) is 17.7 Å². The zero-order valence-corrected chi connectivity index (χ0v) is 26.3. The van der Waals surface area contributed by atoms with Crippen LogP contribution in [-0.4, -0.2) is 26.9 Å². The number of carbonyl (C=O) groups is 1. The molecule has 1 N–H and O–H groups in total. The molecule has 8 atom stereocenters. The highest BCUT2D eigenvalue weighted by atomic mass is 32.1. The number of carboxylic acid groups (broad SMARTS) is 1. The summed E-state index contributed by atoms with van der Waals surface area (Å²) in [5.41, 5.74) is 2.60. The van der Waals surface area contributed by atoms with Gasteiger partial charge in [0.25, 0.3) is 0 Å². The van der Waals surface area contributed by atoms with Gasteiger partial charge in [-0.25, -0.2) is 0 Å². The molecule has 0 unspecified atom stereocenters. The first kappa shape index (κ1) is 30.8. The van der Waals surface area contributed by atoms with Crippen LogP contribution in [0.15, 0.2) is 35.5 Å². The number of aliphatic hydroxyl groups is 1. The van der Waals surface area contributed by atoms with Crippen LogP contribution in [0, 0.1) is 46.3 Å². The minimum Gasteiger partial charge on any atom is -0.545 e. The Morgan fingerprint density at radius 2 is 1.82 bits per heavy atom. The van der Waals surface area contributed by atoms with Crippen LogP contribution in [0.25, 0.3) is 0 Å². The number of carboxylic acids is 1. The van der Waals surface area contributed by atoms with Gasteiger partial charge in [0.1, 0.15) is 0 Å². The van der Waals surface area contributed by atoms with Gasteiger partial charge in [-0.2, -0.15) is 0 Å². The average Bonchev–Trinajstić information content (AvgIpc) is 3.23. The fraction of sp³-hybridized carbons (Fsp3) is 0.735. The van der Waals surface area contributed by atoms with Crippen molar-refractivity contribution in [2.24, 2.45) is 46.3 Å². The predicted molar refractivity (Wildman–Crippen MR) is 166 cm³/mol. The fourth-order valence-corrected chi connectivity index (χ4v) is 9.75. The van der Waals surface area contributed by atoms with Crippen molar-refractivity contribution in [3.05, 3.63) is 35.5 Å². The molecule has 0 aliphatic heterocycles. The Kier molecular flexibility index (Phi) is 9.76. The van der Waals surface area contributed by atoms with Crippen molar-refractivity contribution >= 4 is 40.1 Å². The highest BCUT2D eigenvalue weighted by Crippen LogP contribution is 2.67. The number of hydrogen-bond acceptors (Lipinski definition) is 5. The quantitative estimate of drug-likeness (QED) is 0.267. The van der Waals surface area contributed by atoms with Crippen molar-refractivity contribution < 1.29 is 15.0 Å². The van der Waals surface area contributed by atoms with Crippen molar-refractivity contribution in [3.8, 4) is 0 Å². The minimum atomic E-state index is -1.28. The number of allylic oxidation sites excluding steroid dienone is 4.